The molecule has 8 heteroatoms. The van der Waals surface area contributed by atoms with Gasteiger partial charge in [0.05, 0.1) is 24.2 Å². The van der Waals surface area contributed by atoms with Crippen molar-refractivity contribution in [1.82, 2.24) is 15.0 Å². The van der Waals surface area contributed by atoms with Crippen LogP contribution in [0, 0.1) is 6.92 Å². The minimum Gasteiger partial charge on any atom is -0.497 e. The van der Waals surface area contributed by atoms with Gasteiger partial charge in [-0.05, 0) is 53.9 Å². The van der Waals surface area contributed by atoms with Crippen LogP contribution in [0.2, 0.25) is 0 Å². The molecule has 0 bridgehead atoms. The van der Waals surface area contributed by atoms with Crippen LogP contribution in [-0.2, 0) is 4.74 Å². The van der Waals surface area contributed by atoms with Crippen molar-refractivity contribution in [2.45, 2.75) is 33.2 Å². The molecule has 1 aromatic carbocycles. The zero-order valence-electron chi connectivity index (χ0n) is 16.3. The average Bonchev–Trinajstić information content (AvgIpc) is 2.62. The molecule has 1 atom stereocenters. The van der Waals surface area contributed by atoms with Gasteiger partial charge in [0, 0.05) is 12.7 Å². The smallest absolute Gasteiger partial charge is 0.327 e. The van der Waals surface area contributed by atoms with Crippen LogP contribution in [0.5, 0.6) is 17.5 Å². The van der Waals surface area contributed by atoms with Crippen molar-refractivity contribution >= 4 is 27.5 Å². The van der Waals surface area contributed by atoms with E-state index in [2.05, 4.69) is 49.7 Å². The molecule has 1 N–H and O–H groups in total. The molecule has 1 heterocycles. The van der Waals surface area contributed by atoms with Crippen molar-refractivity contribution in [2.75, 3.05) is 26.1 Å². The van der Waals surface area contributed by atoms with Crippen LogP contribution in [0.15, 0.2) is 23.2 Å². The maximum atomic E-state index is 6.00. The minimum atomic E-state index is 0.100. The van der Waals surface area contributed by atoms with Gasteiger partial charge < -0.3 is 19.5 Å². The molecular formula is C19H25BrN4O3. The van der Waals surface area contributed by atoms with Gasteiger partial charge in [0.25, 0.3) is 0 Å². The fourth-order valence-electron chi connectivity index (χ4n) is 2.41. The number of benzene rings is 1. The van der Waals surface area contributed by atoms with Gasteiger partial charge in [-0.1, -0.05) is 13.5 Å². The van der Waals surface area contributed by atoms with Crippen LogP contribution >= 0.6 is 15.9 Å². The monoisotopic (exact) mass is 436 g/mol. The molecule has 0 saturated carbocycles. The van der Waals surface area contributed by atoms with Crippen molar-refractivity contribution in [2.24, 2.45) is 0 Å². The normalized spacial score (nSPS) is 11.8. The molecular weight excluding hydrogens is 412 g/mol. The molecule has 0 aliphatic carbocycles. The summed E-state index contributed by atoms with van der Waals surface area (Å²) in [7, 11) is 3.28. The molecule has 2 aromatic rings. The first kappa shape index (κ1) is 21.1. The Labute approximate surface area is 168 Å². The summed E-state index contributed by atoms with van der Waals surface area (Å²) in [5.74, 6) is 2.27. The number of nitrogens with zero attached hydrogens (tertiary/aromatic N) is 3. The van der Waals surface area contributed by atoms with E-state index in [1.54, 1.807) is 21.1 Å². The third-order valence-electron chi connectivity index (χ3n) is 3.83. The van der Waals surface area contributed by atoms with E-state index in [0.29, 0.717) is 29.9 Å². The van der Waals surface area contributed by atoms with E-state index in [1.807, 2.05) is 19.1 Å². The Balaban J connectivity index is 2.36. The highest BCUT2D eigenvalue weighted by atomic mass is 79.9. The second-order valence-corrected chi connectivity index (χ2v) is 6.92. The zero-order valence-corrected chi connectivity index (χ0v) is 17.9. The van der Waals surface area contributed by atoms with Gasteiger partial charge in [-0.3, -0.25) is 0 Å². The molecule has 146 valence electrons. The summed E-state index contributed by atoms with van der Waals surface area (Å²) in [6.45, 7) is 10.3. The van der Waals surface area contributed by atoms with Crippen LogP contribution < -0.4 is 14.8 Å². The standard InChI is InChI=1S/C19H25BrN4O3/c1-7-13(10-25-5)23-18-21-12(4)22-19(24-18)27-17-15(11(2)3)8-14(26-6)9-16(17)20/h8-9,13H,2,7,10H2,1,3-6H3,(H,21,22,23,24). The predicted octanol–water partition coefficient (Wildman–Crippen LogP) is 4.61. The lowest BCUT2D eigenvalue weighted by Gasteiger charge is -2.17. The van der Waals surface area contributed by atoms with Crippen LogP contribution in [0.1, 0.15) is 31.7 Å². The van der Waals surface area contributed by atoms with Gasteiger partial charge in [0.15, 0.2) is 5.75 Å². The number of methoxy groups -OCH3 is 2. The summed E-state index contributed by atoms with van der Waals surface area (Å²) in [4.78, 5) is 13.0. The van der Waals surface area contributed by atoms with E-state index in [0.717, 1.165) is 22.0 Å². The van der Waals surface area contributed by atoms with Gasteiger partial charge in [-0.25, -0.2) is 0 Å². The highest BCUT2D eigenvalue weighted by molar-refractivity contribution is 9.10. The Morgan fingerprint density at radius 2 is 2.00 bits per heavy atom. The fraction of sp³-hybridized carbons (Fsp3) is 0.421. The predicted molar refractivity (Wildman–Crippen MR) is 110 cm³/mol. The Kier molecular flexibility index (Phi) is 7.55. The summed E-state index contributed by atoms with van der Waals surface area (Å²) in [5, 5.41) is 3.25. The summed E-state index contributed by atoms with van der Waals surface area (Å²) < 4.78 is 17.3. The number of hydrogen-bond donors (Lipinski definition) is 1. The fourth-order valence-corrected chi connectivity index (χ4v) is 2.93. The summed E-state index contributed by atoms with van der Waals surface area (Å²) in [6, 6.07) is 3.98. The molecule has 0 aliphatic heterocycles. The van der Waals surface area contributed by atoms with Crippen LogP contribution in [0.4, 0.5) is 5.95 Å². The van der Waals surface area contributed by atoms with E-state index in [1.165, 1.54) is 0 Å². The lowest BCUT2D eigenvalue weighted by Crippen LogP contribution is -2.25. The number of aryl methyl sites for hydroxylation is 1. The number of rotatable bonds is 9. The molecule has 0 amide bonds. The van der Waals surface area contributed by atoms with Crippen molar-refractivity contribution in [3.05, 3.63) is 34.6 Å². The van der Waals surface area contributed by atoms with Gasteiger partial charge in [-0.15, -0.1) is 0 Å². The van der Waals surface area contributed by atoms with E-state index in [9.17, 15) is 0 Å². The van der Waals surface area contributed by atoms with Crippen LogP contribution in [0.25, 0.3) is 5.57 Å². The van der Waals surface area contributed by atoms with E-state index in [4.69, 9.17) is 14.2 Å². The Morgan fingerprint density at radius 3 is 2.59 bits per heavy atom. The number of nitrogens with one attached hydrogen (secondary N) is 1. The molecule has 0 aliphatic rings. The molecule has 2 rings (SSSR count). The lowest BCUT2D eigenvalue weighted by atomic mass is 10.1. The maximum Gasteiger partial charge on any atom is 0.327 e. The van der Waals surface area contributed by atoms with Crippen molar-refractivity contribution in [3.8, 4) is 17.5 Å². The number of allylic oxidation sites excluding steroid dienone is 1. The Hall–Kier alpha value is -2.19. The number of halogens is 1. The number of hydrogen-bond acceptors (Lipinski definition) is 7. The molecule has 0 radical (unpaired) electrons. The highest BCUT2D eigenvalue weighted by Crippen LogP contribution is 2.39. The van der Waals surface area contributed by atoms with Crippen molar-refractivity contribution in [3.63, 3.8) is 0 Å². The second kappa shape index (κ2) is 9.66. The lowest BCUT2D eigenvalue weighted by molar-refractivity contribution is 0.184. The molecule has 1 unspecified atom stereocenters. The molecule has 27 heavy (non-hydrogen) atoms. The molecule has 0 saturated heterocycles. The topological polar surface area (TPSA) is 78.4 Å². The number of aromatic nitrogens is 3. The Morgan fingerprint density at radius 1 is 1.26 bits per heavy atom. The van der Waals surface area contributed by atoms with Crippen LogP contribution in [0.3, 0.4) is 0 Å². The molecule has 0 spiro atoms. The zero-order chi connectivity index (χ0) is 20.0. The second-order valence-electron chi connectivity index (χ2n) is 6.06. The van der Waals surface area contributed by atoms with Crippen molar-refractivity contribution in [1.29, 1.82) is 0 Å². The summed E-state index contributed by atoms with van der Waals surface area (Å²) in [6.07, 6.45) is 0.874. The van der Waals surface area contributed by atoms with Crippen LogP contribution in [-0.4, -0.2) is 41.8 Å². The Bertz CT molecular complexity index is 814. The summed E-state index contributed by atoms with van der Waals surface area (Å²) >= 11 is 3.52. The third-order valence-corrected chi connectivity index (χ3v) is 4.42. The first-order chi connectivity index (χ1) is 12.9. The average molecular weight is 437 g/mol. The van der Waals surface area contributed by atoms with E-state index in [-0.39, 0.29) is 12.1 Å². The summed E-state index contributed by atoms with van der Waals surface area (Å²) in [5.41, 5.74) is 1.64. The van der Waals surface area contributed by atoms with Gasteiger partial charge in [0.2, 0.25) is 5.95 Å². The first-order valence-electron chi connectivity index (χ1n) is 8.57. The van der Waals surface area contributed by atoms with Gasteiger partial charge >= 0.3 is 6.01 Å². The molecule has 7 nitrogen and oxygen atoms in total. The van der Waals surface area contributed by atoms with Gasteiger partial charge in [0.1, 0.15) is 11.6 Å². The number of anilines is 1. The molecule has 1 aromatic heterocycles. The first-order valence-corrected chi connectivity index (χ1v) is 9.36. The highest BCUT2D eigenvalue weighted by Gasteiger charge is 2.16. The van der Waals surface area contributed by atoms with Gasteiger partial charge in [-0.2, -0.15) is 15.0 Å². The SMILES string of the molecule is C=C(C)c1cc(OC)cc(Br)c1Oc1nc(C)nc(NC(CC)COC)n1. The van der Waals surface area contributed by atoms with E-state index >= 15 is 0 Å². The number of ether oxygens (including phenoxy) is 3. The minimum absolute atomic E-state index is 0.100. The molecule has 0 fully saturated rings. The third kappa shape index (κ3) is 5.64. The van der Waals surface area contributed by atoms with E-state index < -0.39 is 0 Å². The quantitative estimate of drug-likeness (QED) is 0.614. The largest absolute Gasteiger partial charge is 0.497 e. The van der Waals surface area contributed by atoms with Crippen molar-refractivity contribution < 1.29 is 14.2 Å². The maximum absolute atomic E-state index is 6.00.